The van der Waals surface area contributed by atoms with Gasteiger partial charge in [-0.2, -0.15) is 5.26 Å². The summed E-state index contributed by atoms with van der Waals surface area (Å²) in [5.74, 6) is -3.07. The first-order valence-electron chi connectivity index (χ1n) is 9.69. The Bertz CT molecular complexity index is 1160. The van der Waals surface area contributed by atoms with Gasteiger partial charge < -0.3 is 10.2 Å². The van der Waals surface area contributed by atoms with E-state index < -0.39 is 21.6 Å². The van der Waals surface area contributed by atoms with Crippen LogP contribution in [0, 0.1) is 23.0 Å². The van der Waals surface area contributed by atoms with Gasteiger partial charge in [-0.1, -0.05) is 6.07 Å². The third kappa shape index (κ3) is 5.17. The quantitative estimate of drug-likeness (QED) is 0.731. The lowest BCUT2D eigenvalue weighted by molar-refractivity contribution is -0.0102. The number of nitriles is 1. The van der Waals surface area contributed by atoms with E-state index in [0.29, 0.717) is 17.8 Å². The number of anilines is 2. The maximum atomic E-state index is 13.8. The molecule has 0 radical (unpaired) electrons. The van der Waals surface area contributed by atoms with E-state index in [-0.39, 0.29) is 47.6 Å². The largest absolute Gasteiger partial charge is 0.356 e. The monoisotopic (exact) mass is 447 g/mol. The first-order valence-corrected chi connectivity index (χ1v) is 11.7. The van der Waals surface area contributed by atoms with Crippen molar-refractivity contribution < 1.29 is 17.8 Å². The Morgan fingerprint density at radius 3 is 2.77 bits per heavy atom. The molecular weight excluding hydrogens is 424 g/mol. The highest BCUT2D eigenvalue weighted by molar-refractivity contribution is 7.91. The molecule has 10 heteroatoms. The molecule has 0 aliphatic carbocycles. The summed E-state index contributed by atoms with van der Waals surface area (Å²) < 4.78 is 47.4. The normalized spacial score (nSPS) is 17.8. The second-order valence-electron chi connectivity index (χ2n) is 7.63. The standard InChI is InChI=1S/C21H23F2N5O2S/c1-14-15(12-24)13-26-19(28-9-4-7-21(22,23)8-10-28)18(14)20(29)27-16-5-3-6-17(11-16)31(2,25)30/h3,5-6,11,13,25H,4,7-10H2,1-2H3,(H,27,29). The molecule has 1 unspecified atom stereocenters. The van der Waals surface area contributed by atoms with Crippen LogP contribution in [0.25, 0.3) is 0 Å². The number of hydrogen-bond donors (Lipinski definition) is 2. The minimum absolute atomic E-state index is 0.0395. The van der Waals surface area contributed by atoms with Gasteiger partial charge in [-0.3, -0.25) is 4.79 Å². The van der Waals surface area contributed by atoms with Crippen molar-refractivity contribution in [2.24, 2.45) is 0 Å². The van der Waals surface area contributed by atoms with E-state index in [0.717, 1.165) is 0 Å². The number of halogens is 2. The van der Waals surface area contributed by atoms with Crippen LogP contribution in [0.5, 0.6) is 0 Å². The number of nitrogens with zero attached hydrogens (tertiary/aromatic N) is 3. The lowest BCUT2D eigenvalue weighted by atomic mass is 10.0. The van der Waals surface area contributed by atoms with Crippen molar-refractivity contribution in [1.82, 2.24) is 4.98 Å². The molecule has 3 rings (SSSR count). The van der Waals surface area contributed by atoms with Gasteiger partial charge in [0.25, 0.3) is 5.91 Å². The predicted molar refractivity (Wildman–Crippen MR) is 114 cm³/mol. The van der Waals surface area contributed by atoms with E-state index in [2.05, 4.69) is 10.3 Å². The van der Waals surface area contributed by atoms with E-state index in [1.807, 2.05) is 6.07 Å². The first-order chi connectivity index (χ1) is 14.5. The van der Waals surface area contributed by atoms with E-state index in [1.165, 1.54) is 24.6 Å². The van der Waals surface area contributed by atoms with Crippen LogP contribution in [-0.2, 0) is 9.73 Å². The predicted octanol–water partition coefficient (Wildman–Crippen LogP) is 4.18. The number of carbonyl (C=O) groups excluding carboxylic acids is 1. The van der Waals surface area contributed by atoms with Gasteiger partial charge in [-0.15, -0.1) is 0 Å². The molecule has 1 aliphatic rings. The lowest BCUT2D eigenvalue weighted by Crippen LogP contribution is -2.30. The zero-order chi connectivity index (χ0) is 22.8. The summed E-state index contributed by atoms with van der Waals surface area (Å²) in [7, 11) is -2.97. The number of alkyl halides is 2. The summed E-state index contributed by atoms with van der Waals surface area (Å²) in [6.07, 6.45) is 2.32. The van der Waals surface area contributed by atoms with Crippen LogP contribution in [0.1, 0.15) is 40.7 Å². The average molecular weight is 448 g/mol. The Kier molecular flexibility index (Phi) is 6.27. The number of nitrogens with one attached hydrogen (secondary N) is 2. The summed E-state index contributed by atoms with van der Waals surface area (Å²) in [6, 6.07) is 8.16. The van der Waals surface area contributed by atoms with E-state index in [4.69, 9.17) is 4.78 Å². The van der Waals surface area contributed by atoms with E-state index >= 15 is 0 Å². The fraction of sp³-hybridized carbons (Fsp3) is 0.381. The van der Waals surface area contributed by atoms with Crippen molar-refractivity contribution in [3.8, 4) is 6.07 Å². The molecule has 7 nitrogen and oxygen atoms in total. The smallest absolute Gasteiger partial charge is 0.259 e. The Balaban J connectivity index is 1.99. The third-order valence-corrected chi connectivity index (χ3v) is 6.38. The number of benzene rings is 1. The molecule has 1 aromatic heterocycles. The summed E-state index contributed by atoms with van der Waals surface area (Å²) in [6.45, 7) is 1.97. The van der Waals surface area contributed by atoms with Gasteiger partial charge in [0.1, 0.15) is 11.9 Å². The zero-order valence-corrected chi connectivity index (χ0v) is 18.1. The number of aromatic nitrogens is 1. The van der Waals surface area contributed by atoms with Crippen LogP contribution in [0.4, 0.5) is 20.3 Å². The van der Waals surface area contributed by atoms with Crippen LogP contribution in [0.3, 0.4) is 0 Å². The van der Waals surface area contributed by atoms with Crippen LogP contribution in [0.15, 0.2) is 35.4 Å². The first kappa shape index (κ1) is 22.6. The highest BCUT2D eigenvalue weighted by atomic mass is 32.2. The molecule has 1 atom stereocenters. The van der Waals surface area contributed by atoms with Crippen molar-refractivity contribution in [3.05, 3.63) is 47.2 Å². The summed E-state index contributed by atoms with van der Waals surface area (Å²) in [5.41, 5.74) is 1.08. The number of carbonyl (C=O) groups is 1. The molecule has 0 saturated carbocycles. The van der Waals surface area contributed by atoms with Crippen molar-refractivity contribution in [1.29, 1.82) is 10.0 Å². The topological polar surface area (TPSA) is 110 Å². The molecule has 0 bridgehead atoms. The van der Waals surface area contributed by atoms with Gasteiger partial charge in [0.15, 0.2) is 0 Å². The maximum absolute atomic E-state index is 13.8. The average Bonchev–Trinajstić information content (AvgIpc) is 2.87. The Hall–Kier alpha value is -3.06. The van der Waals surface area contributed by atoms with Gasteiger partial charge in [0.2, 0.25) is 5.92 Å². The number of amides is 1. The zero-order valence-electron chi connectivity index (χ0n) is 17.2. The second-order valence-corrected chi connectivity index (χ2v) is 9.79. The molecule has 2 heterocycles. The molecular formula is C21H23F2N5O2S. The molecule has 1 saturated heterocycles. The summed E-state index contributed by atoms with van der Waals surface area (Å²) in [5, 5.41) is 12.1. The third-order valence-electron chi connectivity index (χ3n) is 5.23. The van der Waals surface area contributed by atoms with Crippen molar-refractivity contribution in [2.45, 2.75) is 37.0 Å². The minimum Gasteiger partial charge on any atom is -0.356 e. The molecule has 31 heavy (non-hydrogen) atoms. The van der Waals surface area contributed by atoms with Gasteiger partial charge >= 0.3 is 0 Å². The van der Waals surface area contributed by atoms with Crippen LogP contribution < -0.4 is 10.2 Å². The molecule has 2 aromatic rings. The Morgan fingerprint density at radius 2 is 2.10 bits per heavy atom. The van der Waals surface area contributed by atoms with Gasteiger partial charge in [0.05, 0.1) is 20.9 Å². The van der Waals surface area contributed by atoms with Crippen LogP contribution in [0.2, 0.25) is 0 Å². The molecule has 1 aromatic carbocycles. The minimum atomic E-state index is -2.97. The van der Waals surface area contributed by atoms with Crippen molar-refractivity contribution in [2.75, 3.05) is 29.6 Å². The maximum Gasteiger partial charge on any atom is 0.259 e. The SMILES string of the molecule is Cc1c(C#N)cnc(N2CCCC(F)(F)CC2)c1C(=O)Nc1cccc(S(C)(=N)=O)c1. The second kappa shape index (κ2) is 8.59. The number of pyridine rings is 1. The van der Waals surface area contributed by atoms with Gasteiger partial charge in [-0.25, -0.2) is 22.8 Å². The number of hydrogen-bond acceptors (Lipinski definition) is 6. The molecule has 1 fully saturated rings. The summed E-state index contributed by atoms with van der Waals surface area (Å²) in [4.78, 5) is 19.4. The Morgan fingerprint density at radius 1 is 1.35 bits per heavy atom. The highest BCUT2D eigenvalue weighted by Crippen LogP contribution is 2.32. The van der Waals surface area contributed by atoms with Crippen molar-refractivity contribution in [3.63, 3.8) is 0 Å². The summed E-state index contributed by atoms with van der Waals surface area (Å²) >= 11 is 0. The molecule has 2 N–H and O–H groups in total. The van der Waals surface area contributed by atoms with Gasteiger partial charge in [0, 0.05) is 49.0 Å². The fourth-order valence-corrected chi connectivity index (χ4v) is 4.19. The van der Waals surface area contributed by atoms with Crippen LogP contribution >= 0.6 is 0 Å². The Labute approximate surface area is 180 Å². The fourth-order valence-electron chi connectivity index (χ4n) is 3.50. The van der Waals surface area contributed by atoms with Gasteiger partial charge in [-0.05, 0) is 37.1 Å². The highest BCUT2D eigenvalue weighted by Gasteiger charge is 2.33. The lowest BCUT2D eigenvalue weighted by Gasteiger charge is -2.25. The van der Waals surface area contributed by atoms with Crippen molar-refractivity contribution >= 4 is 27.1 Å². The number of rotatable bonds is 4. The van der Waals surface area contributed by atoms with Crippen LogP contribution in [-0.4, -0.2) is 40.4 Å². The molecule has 1 amide bonds. The molecule has 164 valence electrons. The molecule has 1 aliphatic heterocycles. The van der Waals surface area contributed by atoms with E-state index in [1.54, 1.807) is 24.0 Å². The molecule has 0 spiro atoms. The van der Waals surface area contributed by atoms with E-state index in [9.17, 15) is 23.0 Å².